The van der Waals surface area contributed by atoms with Crippen LogP contribution in [0.1, 0.15) is 30.7 Å². The summed E-state index contributed by atoms with van der Waals surface area (Å²) < 4.78 is 0. The minimum absolute atomic E-state index is 0.0309. The van der Waals surface area contributed by atoms with Crippen molar-refractivity contribution in [1.82, 2.24) is 4.98 Å². The first kappa shape index (κ1) is 11.2. The van der Waals surface area contributed by atoms with Gasteiger partial charge in [0.1, 0.15) is 0 Å². The molecule has 1 heterocycles. The van der Waals surface area contributed by atoms with Gasteiger partial charge in [0, 0.05) is 11.3 Å². The lowest BCUT2D eigenvalue weighted by Gasteiger charge is -2.22. The second-order valence-corrected chi connectivity index (χ2v) is 4.44. The van der Waals surface area contributed by atoms with Crippen molar-refractivity contribution in [2.24, 2.45) is 5.92 Å². The Hall–Kier alpha value is -1.25. The van der Waals surface area contributed by atoms with Crippen LogP contribution < -0.4 is 5.56 Å². The molecule has 1 aliphatic rings. The van der Waals surface area contributed by atoms with Gasteiger partial charge in [0.05, 0.1) is 7.85 Å². The number of rotatable bonds is 2. The SMILES string of the molecule is [B]CC1=Cc2[nH]c(=O)c(CC)cc2CC1C. The molecule has 1 aromatic heterocycles. The first-order chi connectivity index (χ1) is 7.65. The number of aromatic nitrogens is 1. The van der Waals surface area contributed by atoms with Gasteiger partial charge < -0.3 is 4.98 Å². The van der Waals surface area contributed by atoms with Crippen LogP contribution in [0.4, 0.5) is 0 Å². The van der Waals surface area contributed by atoms with Crippen LogP contribution in [0.3, 0.4) is 0 Å². The Morgan fingerprint density at radius 2 is 2.31 bits per heavy atom. The van der Waals surface area contributed by atoms with E-state index in [1.54, 1.807) is 0 Å². The molecule has 1 aliphatic carbocycles. The van der Waals surface area contributed by atoms with Gasteiger partial charge in [-0.1, -0.05) is 25.7 Å². The van der Waals surface area contributed by atoms with Crippen LogP contribution in [0.5, 0.6) is 0 Å². The highest BCUT2D eigenvalue weighted by Gasteiger charge is 2.17. The molecule has 1 unspecified atom stereocenters. The van der Waals surface area contributed by atoms with Crippen molar-refractivity contribution in [1.29, 1.82) is 0 Å². The summed E-state index contributed by atoms with van der Waals surface area (Å²) in [7, 11) is 5.68. The fourth-order valence-electron chi connectivity index (χ4n) is 2.25. The summed E-state index contributed by atoms with van der Waals surface area (Å²) >= 11 is 0. The Morgan fingerprint density at radius 3 is 2.94 bits per heavy atom. The van der Waals surface area contributed by atoms with Crippen LogP contribution in [0, 0.1) is 5.92 Å². The molecule has 82 valence electrons. The highest BCUT2D eigenvalue weighted by Crippen LogP contribution is 2.28. The second kappa shape index (κ2) is 4.32. The number of hydrogen-bond donors (Lipinski definition) is 1. The van der Waals surface area contributed by atoms with Gasteiger partial charge in [-0.2, -0.15) is 0 Å². The van der Waals surface area contributed by atoms with Gasteiger partial charge in [-0.15, -0.1) is 0 Å². The van der Waals surface area contributed by atoms with E-state index in [1.165, 1.54) is 11.1 Å². The Kier molecular flexibility index (Phi) is 3.04. The van der Waals surface area contributed by atoms with Gasteiger partial charge in [-0.05, 0) is 36.5 Å². The highest BCUT2D eigenvalue weighted by molar-refractivity contribution is 6.10. The average Bonchev–Trinajstić information content (AvgIpc) is 2.28. The topological polar surface area (TPSA) is 32.9 Å². The molecule has 1 atom stereocenters. The highest BCUT2D eigenvalue weighted by atomic mass is 16.1. The van der Waals surface area contributed by atoms with Crippen LogP contribution in [0.15, 0.2) is 16.4 Å². The molecule has 0 saturated heterocycles. The van der Waals surface area contributed by atoms with Crippen molar-refractivity contribution in [3.05, 3.63) is 38.8 Å². The summed E-state index contributed by atoms with van der Waals surface area (Å²) in [4.78, 5) is 14.6. The summed E-state index contributed by atoms with van der Waals surface area (Å²) in [6.07, 6.45) is 4.36. The third kappa shape index (κ3) is 1.86. The average molecular weight is 213 g/mol. The lowest BCUT2D eigenvalue weighted by atomic mass is 9.80. The van der Waals surface area contributed by atoms with Crippen LogP contribution in [0.25, 0.3) is 6.08 Å². The van der Waals surface area contributed by atoms with Gasteiger partial charge in [0.2, 0.25) is 0 Å². The third-order valence-corrected chi connectivity index (χ3v) is 3.34. The second-order valence-electron chi connectivity index (χ2n) is 4.44. The van der Waals surface area contributed by atoms with Crippen molar-refractivity contribution in [2.45, 2.75) is 33.0 Å². The summed E-state index contributed by atoms with van der Waals surface area (Å²) in [6, 6.07) is 2.04. The molecule has 2 rings (SSSR count). The van der Waals surface area contributed by atoms with Gasteiger partial charge >= 0.3 is 0 Å². The standard InChI is InChI=1S/C13H16BNO/c1-3-9-5-10-4-8(2)11(7-14)6-12(10)15-13(9)16/h5-6,8H,3-4,7H2,1-2H3,(H,15,16). The predicted octanol–water partition coefficient (Wildman–Crippen LogP) is 2.10. The molecule has 0 bridgehead atoms. The van der Waals surface area contributed by atoms with E-state index in [1.807, 2.05) is 19.1 Å². The number of aryl methyl sites for hydroxylation is 1. The first-order valence-electron chi connectivity index (χ1n) is 5.81. The van der Waals surface area contributed by atoms with E-state index in [0.29, 0.717) is 12.2 Å². The minimum Gasteiger partial charge on any atom is -0.322 e. The molecule has 2 nitrogen and oxygen atoms in total. The van der Waals surface area contributed by atoms with E-state index in [2.05, 4.69) is 11.9 Å². The largest absolute Gasteiger partial charge is 0.322 e. The first-order valence-corrected chi connectivity index (χ1v) is 5.81. The molecule has 1 aromatic rings. The molecule has 0 saturated carbocycles. The molecule has 0 aliphatic heterocycles. The molecule has 0 amide bonds. The molecule has 3 heteroatoms. The van der Waals surface area contributed by atoms with Gasteiger partial charge in [0.15, 0.2) is 0 Å². The third-order valence-electron chi connectivity index (χ3n) is 3.34. The number of H-pyrrole nitrogens is 1. The quantitative estimate of drug-likeness (QED) is 0.749. The molecule has 0 fully saturated rings. The van der Waals surface area contributed by atoms with Crippen molar-refractivity contribution < 1.29 is 0 Å². The minimum atomic E-state index is 0.0309. The molecule has 1 N–H and O–H groups in total. The number of fused-ring (bicyclic) bond motifs is 1. The molecule has 0 spiro atoms. The zero-order valence-corrected chi connectivity index (χ0v) is 9.84. The van der Waals surface area contributed by atoms with E-state index in [0.717, 1.165) is 24.1 Å². The van der Waals surface area contributed by atoms with Crippen LogP contribution in [0.2, 0.25) is 6.32 Å². The van der Waals surface area contributed by atoms with Crippen LogP contribution >= 0.6 is 0 Å². The lowest BCUT2D eigenvalue weighted by Crippen LogP contribution is -2.19. The maximum atomic E-state index is 11.7. The molecule has 16 heavy (non-hydrogen) atoms. The summed E-state index contributed by atoms with van der Waals surface area (Å²) in [5, 5.41) is 0. The predicted molar refractivity (Wildman–Crippen MR) is 67.8 cm³/mol. The molecular formula is C13H16BNO. The Balaban J connectivity index is 2.53. The molecular weight excluding hydrogens is 197 g/mol. The van der Waals surface area contributed by atoms with Crippen LogP contribution in [-0.2, 0) is 12.8 Å². The molecule has 2 radical (unpaired) electrons. The van der Waals surface area contributed by atoms with Gasteiger partial charge in [-0.25, -0.2) is 0 Å². The smallest absolute Gasteiger partial charge is 0.251 e. The van der Waals surface area contributed by atoms with Crippen molar-refractivity contribution in [3.63, 3.8) is 0 Å². The van der Waals surface area contributed by atoms with Crippen molar-refractivity contribution in [3.8, 4) is 0 Å². The number of pyridine rings is 1. The van der Waals surface area contributed by atoms with E-state index >= 15 is 0 Å². The van der Waals surface area contributed by atoms with E-state index < -0.39 is 0 Å². The van der Waals surface area contributed by atoms with Crippen molar-refractivity contribution >= 4 is 13.9 Å². The Morgan fingerprint density at radius 1 is 1.56 bits per heavy atom. The van der Waals surface area contributed by atoms with E-state index in [-0.39, 0.29) is 5.56 Å². The molecule has 0 aromatic carbocycles. The van der Waals surface area contributed by atoms with E-state index in [4.69, 9.17) is 7.85 Å². The van der Waals surface area contributed by atoms with Crippen molar-refractivity contribution in [2.75, 3.05) is 0 Å². The maximum Gasteiger partial charge on any atom is 0.251 e. The van der Waals surface area contributed by atoms with E-state index in [9.17, 15) is 4.79 Å². The number of allylic oxidation sites excluding steroid dienone is 1. The number of hydrogen-bond acceptors (Lipinski definition) is 1. The number of aromatic amines is 1. The normalized spacial score (nSPS) is 19.1. The zero-order valence-electron chi connectivity index (χ0n) is 9.84. The van der Waals surface area contributed by atoms with Crippen LogP contribution in [-0.4, -0.2) is 12.8 Å². The Labute approximate surface area is 97.2 Å². The summed E-state index contributed by atoms with van der Waals surface area (Å²) in [6.45, 7) is 4.18. The van der Waals surface area contributed by atoms with Gasteiger partial charge in [-0.3, -0.25) is 4.79 Å². The summed E-state index contributed by atoms with van der Waals surface area (Å²) in [5.41, 5.74) is 4.30. The zero-order chi connectivity index (χ0) is 11.7. The van der Waals surface area contributed by atoms with Gasteiger partial charge in [0.25, 0.3) is 5.56 Å². The fraction of sp³-hybridized carbons (Fsp3) is 0.462. The Bertz CT molecular complexity index is 487. The fourth-order valence-corrected chi connectivity index (χ4v) is 2.25. The maximum absolute atomic E-state index is 11.7. The summed E-state index contributed by atoms with van der Waals surface area (Å²) in [5.74, 6) is 0.480. The monoisotopic (exact) mass is 213 g/mol. The lowest BCUT2D eigenvalue weighted by molar-refractivity contribution is 0.666. The number of nitrogens with one attached hydrogen (secondary N) is 1.